The standard InChI is InChI=1S/C17H19NO5S/c1-12-7-8-15(16(9-12)22-2)23-11-17(19)18-13-5-4-6-14(10-13)24(3,20)21/h4-10H,11H2,1-3H3,(H,18,19). The van der Waals surface area contributed by atoms with E-state index in [4.69, 9.17) is 9.47 Å². The van der Waals surface area contributed by atoms with E-state index in [9.17, 15) is 13.2 Å². The number of ether oxygens (including phenoxy) is 2. The van der Waals surface area contributed by atoms with Crippen LogP contribution in [0.15, 0.2) is 47.4 Å². The molecule has 0 fully saturated rings. The number of amides is 1. The molecule has 0 unspecified atom stereocenters. The Morgan fingerprint density at radius 2 is 1.88 bits per heavy atom. The van der Waals surface area contributed by atoms with Gasteiger partial charge in [-0.2, -0.15) is 0 Å². The van der Waals surface area contributed by atoms with Crippen LogP contribution in [-0.4, -0.2) is 34.3 Å². The molecule has 1 N–H and O–H groups in total. The Morgan fingerprint density at radius 3 is 2.54 bits per heavy atom. The number of benzene rings is 2. The fourth-order valence-electron chi connectivity index (χ4n) is 2.04. The molecule has 0 bridgehead atoms. The number of aryl methyl sites for hydroxylation is 1. The predicted molar refractivity (Wildman–Crippen MR) is 91.4 cm³/mol. The van der Waals surface area contributed by atoms with E-state index in [1.807, 2.05) is 19.1 Å². The van der Waals surface area contributed by atoms with Crippen molar-refractivity contribution in [1.29, 1.82) is 0 Å². The van der Waals surface area contributed by atoms with Crippen LogP contribution in [0.3, 0.4) is 0 Å². The summed E-state index contributed by atoms with van der Waals surface area (Å²) in [5.74, 6) is 0.605. The zero-order chi connectivity index (χ0) is 17.7. The van der Waals surface area contributed by atoms with Gasteiger partial charge in [-0.25, -0.2) is 8.42 Å². The van der Waals surface area contributed by atoms with E-state index in [-0.39, 0.29) is 11.5 Å². The third kappa shape index (κ3) is 4.73. The summed E-state index contributed by atoms with van der Waals surface area (Å²) in [7, 11) is -1.80. The number of carbonyl (C=O) groups excluding carboxylic acids is 1. The number of sulfone groups is 1. The van der Waals surface area contributed by atoms with Crippen molar-refractivity contribution in [3.63, 3.8) is 0 Å². The van der Waals surface area contributed by atoms with Crippen LogP contribution < -0.4 is 14.8 Å². The largest absolute Gasteiger partial charge is 0.493 e. The van der Waals surface area contributed by atoms with Crippen LogP contribution in [0.1, 0.15) is 5.56 Å². The van der Waals surface area contributed by atoms with E-state index in [1.165, 1.54) is 19.2 Å². The Bertz CT molecular complexity index is 846. The van der Waals surface area contributed by atoms with Crippen LogP contribution in [0, 0.1) is 6.92 Å². The molecule has 2 aromatic carbocycles. The minimum absolute atomic E-state index is 0.140. The number of hydrogen-bond acceptors (Lipinski definition) is 5. The van der Waals surface area contributed by atoms with Gasteiger partial charge in [0, 0.05) is 11.9 Å². The molecule has 7 heteroatoms. The molecule has 2 rings (SSSR count). The molecule has 0 spiro atoms. The number of nitrogens with one attached hydrogen (secondary N) is 1. The maximum Gasteiger partial charge on any atom is 0.262 e. The summed E-state index contributed by atoms with van der Waals surface area (Å²) in [6.45, 7) is 1.70. The maximum atomic E-state index is 12.0. The van der Waals surface area contributed by atoms with Gasteiger partial charge < -0.3 is 14.8 Å². The lowest BCUT2D eigenvalue weighted by Gasteiger charge is -2.11. The first-order valence-electron chi connectivity index (χ1n) is 7.17. The molecule has 1 amide bonds. The molecular weight excluding hydrogens is 330 g/mol. The second-order valence-corrected chi connectivity index (χ2v) is 7.31. The third-order valence-corrected chi connectivity index (χ3v) is 4.33. The van der Waals surface area contributed by atoms with Crippen molar-refractivity contribution in [2.24, 2.45) is 0 Å². The van der Waals surface area contributed by atoms with E-state index in [1.54, 1.807) is 18.2 Å². The predicted octanol–water partition coefficient (Wildman–Crippen LogP) is 2.42. The minimum atomic E-state index is -3.33. The smallest absolute Gasteiger partial charge is 0.262 e. The van der Waals surface area contributed by atoms with Crippen LogP contribution >= 0.6 is 0 Å². The molecule has 0 aliphatic carbocycles. The first kappa shape index (κ1) is 17.8. The lowest BCUT2D eigenvalue weighted by molar-refractivity contribution is -0.118. The zero-order valence-corrected chi connectivity index (χ0v) is 14.5. The van der Waals surface area contributed by atoms with E-state index in [0.717, 1.165) is 11.8 Å². The number of methoxy groups -OCH3 is 1. The van der Waals surface area contributed by atoms with Gasteiger partial charge in [-0.15, -0.1) is 0 Å². The van der Waals surface area contributed by atoms with Crippen LogP contribution in [0.5, 0.6) is 11.5 Å². The summed E-state index contributed by atoms with van der Waals surface area (Å²) in [4.78, 5) is 12.1. The van der Waals surface area contributed by atoms with Crippen molar-refractivity contribution < 1.29 is 22.7 Å². The van der Waals surface area contributed by atoms with Crippen molar-refractivity contribution in [1.82, 2.24) is 0 Å². The summed E-state index contributed by atoms with van der Waals surface area (Å²) in [6, 6.07) is 11.4. The number of anilines is 1. The Morgan fingerprint density at radius 1 is 1.12 bits per heavy atom. The van der Waals surface area contributed by atoms with E-state index in [0.29, 0.717) is 17.2 Å². The van der Waals surface area contributed by atoms with Gasteiger partial charge in [-0.1, -0.05) is 12.1 Å². The van der Waals surface area contributed by atoms with Crippen molar-refractivity contribution in [2.75, 3.05) is 25.3 Å². The monoisotopic (exact) mass is 349 g/mol. The highest BCUT2D eigenvalue weighted by atomic mass is 32.2. The molecule has 2 aromatic rings. The fourth-order valence-corrected chi connectivity index (χ4v) is 2.71. The summed E-state index contributed by atoms with van der Waals surface area (Å²) in [5.41, 5.74) is 1.41. The molecule has 24 heavy (non-hydrogen) atoms. The topological polar surface area (TPSA) is 81.7 Å². The van der Waals surface area contributed by atoms with E-state index in [2.05, 4.69) is 5.32 Å². The average Bonchev–Trinajstić information content (AvgIpc) is 2.53. The second kappa shape index (κ2) is 7.35. The Hall–Kier alpha value is -2.54. The summed E-state index contributed by atoms with van der Waals surface area (Å²) < 4.78 is 33.7. The lowest BCUT2D eigenvalue weighted by Crippen LogP contribution is -2.20. The number of hydrogen-bond donors (Lipinski definition) is 1. The van der Waals surface area contributed by atoms with Crippen LogP contribution in [0.4, 0.5) is 5.69 Å². The molecule has 0 radical (unpaired) electrons. The minimum Gasteiger partial charge on any atom is -0.493 e. The fraction of sp³-hybridized carbons (Fsp3) is 0.235. The number of carbonyl (C=O) groups is 1. The van der Waals surface area contributed by atoms with Gasteiger partial charge in [0.05, 0.1) is 12.0 Å². The van der Waals surface area contributed by atoms with Crippen molar-refractivity contribution in [3.8, 4) is 11.5 Å². The van der Waals surface area contributed by atoms with Gasteiger partial charge in [0.15, 0.2) is 27.9 Å². The van der Waals surface area contributed by atoms with E-state index >= 15 is 0 Å². The van der Waals surface area contributed by atoms with Gasteiger partial charge in [-0.3, -0.25) is 4.79 Å². The third-order valence-electron chi connectivity index (χ3n) is 3.22. The molecule has 0 aromatic heterocycles. The zero-order valence-electron chi connectivity index (χ0n) is 13.7. The molecule has 0 aliphatic heterocycles. The van der Waals surface area contributed by atoms with Gasteiger partial charge in [-0.05, 0) is 42.8 Å². The van der Waals surface area contributed by atoms with Crippen LogP contribution in [-0.2, 0) is 14.6 Å². The van der Waals surface area contributed by atoms with Crippen LogP contribution in [0.25, 0.3) is 0 Å². The first-order chi connectivity index (χ1) is 11.3. The molecule has 0 atom stereocenters. The van der Waals surface area contributed by atoms with E-state index < -0.39 is 15.7 Å². The summed E-state index contributed by atoms with van der Waals surface area (Å²) in [6.07, 6.45) is 1.11. The molecule has 128 valence electrons. The molecule has 0 saturated carbocycles. The lowest BCUT2D eigenvalue weighted by atomic mass is 10.2. The van der Waals surface area contributed by atoms with Crippen LogP contribution in [0.2, 0.25) is 0 Å². The highest BCUT2D eigenvalue weighted by Gasteiger charge is 2.11. The van der Waals surface area contributed by atoms with Crippen molar-refractivity contribution >= 4 is 21.4 Å². The van der Waals surface area contributed by atoms with Crippen molar-refractivity contribution in [3.05, 3.63) is 48.0 Å². The summed E-state index contributed by atoms with van der Waals surface area (Å²) >= 11 is 0. The molecule has 0 heterocycles. The normalized spacial score (nSPS) is 11.0. The second-order valence-electron chi connectivity index (χ2n) is 5.29. The van der Waals surface area contributed by atoms with Gasteiger partial charge in [0.1, 0.15) is 0 Å². The van der Waals surface area contributed by atoms with Crippen molar-refractivity contribution in [2.45, 2.75) is 11.8 Å². The summed E-state index contributed by atoms with van der Waals surface area (Å²) in [5, 5.41) is 2.60. The molecule has 6 nitrogen and oxygen atoms in total. The Labute approximate surface area is 141 Å². The SMILES string of the molecule is COc1cc(C)ccc1OCC(=O)Nc1cccc(S(C)(=O)=O)c1. The molecule has 0 saturated heterocycles. The average molecular weight is 349 g/mol. The molecular formula is C17H19NO5S. The highest BCUT2D eigenvalue weighted by molar-refractivity contribution is 7.90. The number of rotatable bonds is 6. The maximum absolute atomic E-state index is 12.0. The van der Waals surface area contributed by atoms with Gasteiger partial charge in [0.2, 0.25) is 0 Å². The first-order valence-corrected chi connectivity index (χ1v) is 9.06. The van der Waals surface area contributed by atoms with Gasteiger partial charge >= 0.3 is 0 Å². The quantitative estimate of drug-likeness (QED) is 0.866. The Kier molecular flexibility index (Phi) is 5.46. The Balaban J connectivity index is 2.02. The molecule has 0 aliphatic rings. The highest BCUT2D eigenvalue weighted by Crippen LogP contribution is 2.27. The van der Waals surface area contributed by atoms with Gasteiger partial charge in [0.25, 0.3) is 5.91 Å².